The van der Waals surface area contributed by atoms with Crippen molar-refractivity contribution in [1.29, 1.82) is 0 Å². The first-order valence-electron chi connectivity index (χ1n) is 10.3. The van der Waals surface area contributed by atoms with Gasteiger partial charge in [-0.3, -0.25) is 4.79 Å². The normalized spacial score (nSPS) is 20.1. The lowest BCUT2D eigenvalue weighted by Gasteiger charge is -2.13. The molecule has 0 aromatic heterocycles. The van der Waals surface area contributed by atoms with E-state index in [1.807, 2.05) is 54.6 Å². The Balaban J connectivity index is 1.26. The number of nitrogens with one attached hydrogen (secondary N) is 1. The highest BCUT2D eigenvalue weighted by Crippen LogP contribution is 2.56. The third-order valence-corrected chi connectivity index (χ3v) is 6.14. The second-order valence-corrected chi connectivity index (χ2v) is 8.15. The van der Waals surface area contributed by atoms with E-state index in [4.69, 9.17) is 5.73 Å². The zero-order valence-electron chi connectivity index (χ0n) is 16.7. The van der Waals surface area contributed by atoms with E-state index in [2.05, 4.69) is 47.8 Å². The molecule has 148 valence electrons. The fourth-order valence-electron chi connectivity index (χ4n) is 4.39. The number of benzene rings is 4. The van der Waals surface area contributed by atoms with Crippen molar-refractivity contribution in [2.45, 2.75) is 24.3 Å². The van der Waals surface area contributed by atoms with E-state index < -0.39 is 0 Å². The zero-order chi connectivity index (χ0) is 20.6. The largest absolute Gasteiger partial charge is 0.326 e. The van der Waals surface area contributed by atoms with Gasteiger partial charge in [0.25, 0.3) is 0 Å². The Morgan fingerprint density at radius 3 is 2.37 bits per heavy atom. The summed E-state index contributed by atoms with van der Waals surface area (Å²) in [5, 5.41) is 5.30. The third-order valence-electron chi connectivity index (χ3n) is 6.14. The third kappa shape index (κ3) is 3.49. The van der Waals surface area contributed by atoms with E-state index >= 15 is 0 Å². The minimum atomic E-state index is -0.277. The van der Waals surface area contributed by atoms with Crippen molar-refractivity contribution < 1.29 is 4.79 Å². The van der Waals surface area contributed by atoms with Crippen LogP contribution >= 0.6 is 0 Å². The van der Waals surface area contributed by atoms with Gasteiger partial charge in [0.1, 0.15) is 0 Å². The summed E-state index contributed by atoms with van der Waals surface area (Å²) in [6.07, 6.45) is 1.30. The van der Waals surface area contributed by atoms with Crippen LogP contribution in [0.5, 0.6) is 0 Å². The predicted molar refractivity (Wildman–Crippen MR) is 122 cm³/mol. The molecule has 1 saturated carbocycles. The van der Waals surface area contributed by atoms with Crippen LogP contribution in [0.15, 0.2) is 97.1 Å². The topological polar surface area (TPSA) is 55.1 Å². The van der Waals surface area contributed by atoms with Gasteiger partial charge < -0.3 is 11.1 Å². The molecule has 0 bridgehead atoms. The standard InChI is InChI=1S/C27H24N2O/c28-27(22-10-2-1-3-11-22)18-25(27)20-13-15-23(16-14-20)29-26(30)17-21-9-6-8-19-7-4-5-12-24(19)21/h1-16,25H,17-18,28H2,(H,29,30)/t25-,27+/m0/s1. The molecular formula is C27H24N2O. The molecule has 3 nitrogen and oxygen atoms in total. The summed E-state index contributed by atoms with van der Waals surface area (Å²) in [6.45, 7) is 0. The summed E-state index contributed by atoms with van der Waals surface area (Å²) in [5.41, 5.74) is 10.6. The molecule has 1 amide bonds. The van der Waals surface area contributed by atoms with Crippen LogP contribution in [0.4, 0.5) is 5.69 Å². The Hall–Kier alpha value is -3.43. The molecule has 0 unspecified atom stereocenters. The van der Waals surface area contributed by atoms with Gasteiger partial charge in [-0.1, -0.05) is 84.9 Å². The Morgan fingerprint density at radius 1 is 0.867 bits per heavy atom. The number of rotatable bonds is 5. The lowest BCUT2D eigenvalue weighted by atomic mass is 9.99. The molecule has 1 aliphatic rings. The van der Waals surface area contributed by atoms with Crippen molar-refractivity contribution in [2.24, 2.45) is 5.73 Å². The molecule has 1 aliphatic carbocycles. The van der Waals surface area contributed by atoms with Crippen molar-refractivity contribution in [2.75, 3.05) is 5.32 Å². The minimum absolute atomic E-state index is 0.0111. The van der Waals surface area contributed by atoms with Crippen molar-refractivity contribution in [1.82, 2.24) is 0 Å². The highest BCUT2D eigenvalue weighted by molar-refractivity contribution is 5.96. The van der Waals surface area contributed by atoms with E-state index in [1.54, 1.807) is 0 Å². The van der Waals surface area contributed by atoms with E-state index in [9.17, 15) is 4.79 Å². The zero-order valence-corrected chi connectivity index (χ0v) is 16.7. The smallest absolute Gasteiger partial charge is 0.228 e. The fraction of sp³-hybridized carbons (Fsp3) is 0.148. The van der Waals surface area contributed by atoms with Gasteiger partial charge in [-0.25, -0.2) is 0 Å². The average Bonchev–Trinajstić information content (AvgIpc) is 3.48. The maximum Gasteiger partial charge on any atom is 0.228 e. The van der Waals surface area contributed by atoms with Crippen LogP contribution in [-0.2, 0) is 16.8 Å². The van der Waals surface area contributed by atoms with Gasteiger partial charge >= 0.3 is 0 Å². The first-order chi connectivity index (χ1) is 14.6. The fourth-order valence-corrected chi connectivity index (χ4v) is 4.39. The lowest BCUT2D eigenvalue weighted by Crippen LogP contribution is -2.21. The Labute approximate surface area is 176 Å². The summed E-state index contributed by atoms with van der Waals surface area (Å²) in [6, 6.07) is 32.6. The van der Waals surface area contributed by atoms with Crippen molar-refractivity contribution in [3.63, 3.8) is 0 Å². The lowest BCUT2D eigenvalue weighted by molar-refractivity contribution is -0.115. The molecule has 3 heteroatoms. The van der Waals surface area contributed by atoms with Crippen LogP contribution in [0.3, 0.4) is 0 Å². The molecule has 2 atom stereocenters. The van der Waals surface area contributed by atoms with Crippen LogP contribution in [0, 0.1) is 0 Å². The van der Waals surface area contributed by atoms with Gasteiger partial charge in [0.2, 0.25) is 5.91 Å². The second-order valence-electron chi connectivity index (χ2n) is 8.15. The molecule has 4 aromatic carbocycles. The number of fused-ring (bicyclic) bond motifs is 1. The van der Waals surface area contributed by atoms with Crippen LogP contribution in [0.2, 0.25) is 0 Å². The molecule has 0 heterocycles. The number of hydrogen-bond acceptors (Lipinski definition) is 2. The van der Waals surface area contributed by atoms with Crippen molar-refractivity contribution in [3.8, 4) is 0 Å². The van der Waals surface area contributed by atoms with E-state index in [-0.39, 0.29) is 11.4 Å². The molecule has 4 aromatic rings. The molecule has 3 N–H and O–H groups in total. The minimum Gasteiger partial charge on any atom is -0.326 e. The van der Waals surface area contributed by atoms with Gasteiger partial charge in [-0.05, 0) is 46.0 Å². The highest BCUT2D eigenvalue weighted by Gasteiger charge is 2.52. The van der Waals surface area contributed by atoms with Crippen LogP contribution in [0.1, 0.15) is 29.0 Å². The Bertz CT molecular complexity index is 1200. The van der Waals surface area contributed by atoms with Gasteiger partial charge in [0, 0.05) is 17.1 Å². The maximum atomic E-state index is 12.6. The number of carbonyl (C=O) groups is 1. The molecule has 1 fully saturated rings. The number of amides is 1. The summed E-state index contributed by atoms with van der Waals surface area (Å²) in [4.78, 5) is 12.6. The van der Waals surface area contributed by atoms with Gasteiger partial charge in [-0.2, -0.15) is 0 Å². The molecule has 5 rings (SSSR count). The molecule has 0 radical (unpaired) electrons. The van der Waals surface area contributed by atoms with Gasteiger partial charge in [-0.15, -0.1) is 0 Å². The number of carbonyl (C=O) groups excluding carboxylic acids is 1. The van der Waals surface area contributed by atoms with E-state index in [0.717, 1.165) is 28.4 Å². The number of hydrogen-bond donors (Lipinski definition) is 2. The summed E-state index contributed by atoms with van der Waals surface area (Å²) >= 11 is 0. The molecule has 0 saturated heterocycles. The second kappa shape index (κ2) is 7.43. The Kier molecular flexibility index (Phi) is 4.61. The molecular weight excluding hydrogens is 368 g/mol. The SMILES string of the molecule is N[C@@]1(c2ccccc2)C[C@H]1c1ccc(NC(=O)Cc2cccc3ccccc23)cc1. The van der Waals surface area contributed by atoms with Gasteiger partial charge in [0.15, 0.2) is 0 Å². The van der Waals surface area contributed by atoms with E-state index in [0.29, 0.717) is 12.3 Å². The number of nitrogens with two attached hydrogens (primary N) is 1. The summed E-state index contributed by atoms with van der Waals surface area (Å²) < 4.78 is 0. The monoisotopic (exact) mass is 392 g/mol. The summed E-state index contributed by atoms with van der Waals surface area (Å²) in [5.74, 6) is 0.309. The average molecular weight is 393 g/mol. The van der Waals surface area contributed by atoms with E-state index in [1.165, 1.54) is 11.1 Å². The highest BCUT2D eigenvalue weighted by atomic mass is 16.1. The van der Waals surface area contributed by atoms with Crippen LogP contribution in [-0.4, -0.2) is 5.91 Å². The Morgan fingerprint density at radius 2 is 1.57 bits per heavy atom. The number of anilines is 1. The molecule has 30 heavy (non-hydrogen) atoms. The van der Waals surface area contributed by atoms with Gasteiger partial charge in [0.05, 0.1) is 6.42 Å². The first kappa shape index (κ1) is 18.6. The molecule has 0 aliphatic heterocycles. The maximum absolute atomic E-state index is 12.6. The van der Waals surface area contributed by atoms with Crippen LogP contribution in [0.25, 0.3) is 10.8 Å². The quantitative estimate of drug-likeness (QED) is 0.480. The first-order valence-corrected chi connectivity index (χ1v) is 10.3. The van der Waals surface area contributed by atoms with Crippen molar-refractivity contribution in [3.05, 3.63) is 114 Å². The predicted octanol–water partition coefficient (Wildman–Crippen LogP) is 5.36. The molecule has 0 spiro atoms. The summed E-state index contributed by atoms with van der Waals surface area (Å²) in [7, 11) is 0. The van der Waals surface area contributed by atoms with Crippen molar-refractivity contribution >= 4 is 22.4 Å². The van der Waals surface area contributed by atoms with Crippen LogP contribution < -0.4 is 11.1 Å².